The molecule has 1 fully saturated rings. The van der Waals surface area contributed by atoms with Gasteiger partial charge in [-0.2, -0.15) is 0 Å². The highest BCUT2D eigenvalue weighted by atomic mass is 16.5. The zero-order valence-corrected chi connectivity index (χ0v) is 15.4. The highest BCUT2D eigenvalue weighted by Gasteiger charge is 2.37. The van der Waals surface area contributed by atoms with Crippen LogP contribution in [0.4, 0.5) is 0 Å². The summed E-state index contributed by atoms with van der Waals surface area (Å²) in [7, 11) is 3.97. The summed E-state index contributed by atoms with van der Waals surface area (Å²) in [6.07, 6.45) is -0.158. The summed E-state index contributed by atoms with van der Waals surface area (Å²) >= 11 is 0. The first-order valence-electron chi connectivity index (χ1n) is 8.79. The Morgan fingerprint density at radius 3 is 2.62 bits per heavy atom. The van der Waals surface area contributed by atoms with Crippen molar-refractivity contribution in [1.82, 2.24) is 14.8 Å². The Kier molecular flexibility index (Phi) is 5.54. The summed E-state index contributed by atoms with van der Waals surface area (Å²) < 4.78 is 6.00. The molecule has 6 heteroatoms. The molecule has 0 radical (unpaired) electrons. The van der Waals surface area contributed by atoms with E-state index in [2.05, 4.69) is 4.98 Å². The molecule has 1 saturated heterocycles. The van der Waals surface area contributed by atoms with E-state index >= 15 is 0 Å². The molecule has 1 aromatic carbocycles. The maximum Gasteiger partial charge on any atom is 0.260 e. The second kappa shape index (κ2) is 7.85. The molecular weight excluding hydrogens is 330 g/mol. The van der Waals surface area contributed by atoms with Crippen LogP contribution >= 0.6 is 0 Å². The summed E-state index contributed by atoms with van der Waals surface area (Å²) in [5, 5.41) is 0. The van der Waals surface area contributed by atoms with Crippen LogP contribution in [0.25, 0.3) is 0 Å². The molecule has 1 N–H and O–H groups in total. The third-order valence-corrected chi connectivity index (χ3v) is 4.58. The molecule has 6 nitrogen and oxygen atoms in total. The average molecular weight is 355 g/mol. The number of ether oxygens (including phenoxy) is 1. The molecule has 2 heterocycles. The topological polar surface area (TPSA) is 65.6 Å². The Morgan fingerprint density at radius 1 is 1.23 bits per heavy atom. The number of H-pyrrole nitrogens is 1. The SMILES string of the molecule is Cc1ccc(C(=O)N2CCO[C@@H](CN(C)C)[C@@H]2c2ccccc2)c(=O)[nH]1. The molecule has 0 aliphatic carbocycles. The minimum absolute atomic E-state index is 0.158. The summed E-state index contributed by atoms with van der Waals surface area (Å²) in [6.45, 7) is 3.39. The molecule has 1 amide bonds. The summed E-state index contributed by atoms with van der Waals surface area (Å²) in [5.41, 5.74) is 1.56. The summed E-state index contributed by atoms with van der Waals surface area (Å²) in [4.78, 5) is 32.0. The van der Waals surface area contributed by atoms with Crippen molar-refractivity contribution in [2.75, 3.05) is 33.8 Å². The Balaban J connectivity index is 1.99. The van der Waals surface area contributed by atoms with Crippen LogP contribution < -0.4 is 5.56 Å². The number of hydrogen-bond donors (Lipinski definition) is 1. The number of nitrogens with one attached hydrogen (secondary N) is 1. The van der Waals surface area contributed by atoms with Gasteiger partial charge in [-0.1, -0.05) is 30.3 Å². The predicted molar refractivity (Wildman–Crippen MR) is 100 cm³/mol. The Hall–Kier alpha value is -2.44. The van der Waals surface area contributed by atoms with Gasteiger partial charge in [-0.3, -0.25) is 9.59 Å². The first-order chi connectivity index (χ1) is 12.5. The molecule has 26 heavy (non-hydrogen) atoms. The Bertz CT molecular complexity index is 817. The van der Waals surface area contributed by atoms with Crippen molar-refractivity contribution in [2.24, 2.45) is 0 Å². The van der Waals surface area contributed by atoms with Gasteiger partial charge in [0.15, 0.2) is 0 Å². The van der Waals surface area contributed by atoms with Crippen LogP contribution in [-0.4, -0.2) is 60.6 Å². The average Bonchev–Trinajstić information content (AvgIpc) is 2.61. The van der Waals surface area contributed by atoms with Gasteiger partial charge in [0.1, 0.15) is 5.56 Å². The molecule has 2 atom stereocenters. The zero-order valence-electron chi connectivity index (χ0n) is 15.4. The minimum Gasteiger partial charge on any atom is -0.373 e. The number of likely N-dealkylation sites (N-methyl/N-ethyl adjacent to an activating group) is 1. The van der Waals surface area contributed by atoms with Crippen molar-refractivity contribution in [2.45, 2.75) is 19.1 Å². The van der Waals surface area contributed by atoms with Crippen LogP contribution in [0.5, 0.6) is 0 Å². The number of benzene rings is 1. The monoisotopic (exact) mass is 355 g/mol. The number of nitrogens with zero attached hydrogens (tertiary/aromatic N) is 2. The lowest BCUT2D eigenvalue weighted by Crippen LogP contribution is -2.51. The lowest BCUT2D eigenvalue weighted by atomic mass is 9.96. The molecular formula is C20H25N3O3. The Morgan fingerprint density at radius 2 is 1.96 bits per heavy atom. The standard InChI is InChI=1S/C20H25N3O3/c1-14-9-10-16(19(24)21-14)20(25)23-11-12-26-17(13-22(2)3)18(23)15-7-5-4-6-8-15/h4-10,17-18H,11-13H2,1-3H3,(H,21,24)/t17-,18-/m0/s1. The van der Waals surface area contributed by atoms with Crippen molar-refractivity contribution in [3.05, 3.63) is 69.6 Å². The number of pyridine rings is 1. The van der Waals surface area contributed by atoms with Crippen molar-refractivity contribution in [3.63, 3.8) is 0 Å². The molecule has 0 unspecified atom stereocenters. The molecule has 0 spiro atoms. The van der Waals surface area contributed by atoms with Crippen LogP contribution in [0.15, 0.2) is 47.3 Å². The van der Waals surface area contributed by atoms with E-state index in [1.807, 2.05) is 49.3 Å². The maximum absolute atomic E-state index is 13.2. The van der Waals surface area contributed by atoms with E-state index in [1.54, 1.807) is 24.0 Å². The number of rotatable bonds is 4. The molecule has 138 valence electrons. The number of aromatic nitrogens is 1. The maximum atomic E-state index is 13.2. The zero-order chi connectivity index (χ0) is 18.7. The van der Waals surface area contributed by atoms with E-state index in [0.29, 0.717) is 19.7 Å². The van der Waals surface area contributed by atoms with Crippen molar-refractivity contribution < 1.29 is 9.53 Å². The van der Waals surface area contributed by atoms with Gasteiger partial charge in [-0.25, -0.2) is 0 Å². The summed E-state index contributed by atoms with van der Waals surface area (Å²) in [6, 6.07) is 13.0. The van der Waals surface area contributed by atoms with E-state index in [9.17, 15) is 9.59 Å². The van der Waals surface area contributed by atoms with E-state index in [-0.39, 0.29) is 29.2 Å². The fourth-order valence-electron chi connectivity index (χ4n) is 3.41. The van der Waals surface area contributed by atoms with Crippen molar-refractivity contribution >= 4 is 5.91 Å². The molecule has 1 aromatic heterocycles. The highest BCUT2D eigenvalue weighted by molar-refractivity contribution is 5.94. The van der Waals surface area contributed by atoms with Gasteiger partial charge in [0.2, 0.25) is 0 Å². The second-order valence-electron chi connectivity index (χ2n) is 6.91. The van der Waals surface area contributed by atoms with Gasteiger partial charge in [0, 0.05) is 18.8 Å². The third kappa shape index (κ3) is 3.86. The fraction of sp³-hybridized carbons (Fsp3) is 0.400. The number of morpholine rings is 1. The van der Waals surface area contributed by atoms with E-state index in [1.165, 1.54) is 0 Å². The number of aryl methyl sites for hydroxylation is 1. The van der Waals surface area contributed by atoms with Gasteiger partial charge in [0.25, 0.3) is 11.5 Å². The molecule has 1 aliphatic rings. The minimum atomic E-state index is -0.350. The molecule has 0 bridgehead atoms. The number of aromatic amines is 1. The molecule has 2 aromatic rings. The first-order valence-corrected chi connectivity index (χ1v) is 8.79. The van der Waals surface area contributed by atoms with Gasteiger partial charge in [-0.05, 0) is 38.7 Å². The molecule has 1 aliphatic heterocycles. The molecule has 0 saturated carbocycles. The smallest absolute Gasteiger partial charge is 0.260 e. The second-order valence-corrected chi connectivity index (χ2v) is 6.91. The number of amides is 1. The largest absolute Gasteiger partial charge is 0.373 e. The van der Waals surface area contributed by atoms with Crippen molar-refractivity contribution in [3.8, 4) is 0 Å². The van der Waals surface area contributed by atoms with Crippen LogP contribution in [0.1, 0.15) is 27.7 Å². The lowest BCUT2D eigenvalue weighted by molar-refractivity contribution is -0.0685. The number of carbonyl (C=O) groups excluding carboxylic acids is 1. The lowest BCUT2D eigenvalue weighted by Gasteiger charge is -2.42. The normalized spacial score (nSPS) is 20.4. The fourth-order valence-corrected chi connectivity index (χ4v) is 3.41. The number of carbonyl (C=O) groups is 1. The van der Waals surface area contributed by atoms with Gasteiger partial charge in [0.05, 0.1) is 18.8 Å². The molecule has 3 rings (SSSR count). The van der Waals surface area contributed by atoms with E-state index in [4.69, 9.17) is 4.74 Å². The van der Waals surface area contributed by atoms with Gasteiger partial charge >= 0.3 is 0 Å². The number of hydrogen-bond acceptors (Lipinski definition) is 4. The quantitative estimate of drug-likeness (QED) is 0.909. The van der Waals surface area contributed by atoms with Crippen LogP contribution in [-0.2, 0) is 4.74 Å². The summed E-state index contributed by atoms with van der Waals surface area (Å²) in [5.74, 6) is -0.257. The first kappa shape index (κ1) is 18.4. The van der Waals surface area contributed by atoms with Gasteiger partial charge in [-0.15, -0.1) is 0 Å². The van der Waals surface area contributed by atoms with Crippen molar-refractivity contribution in [1.29, 1.82) is 0 Å². The van der Waals surface area contributed by atoms with Gasteiger partial charge < -0.3 is 19.5 Å². The predicted octanol–water partition coefficient (Wildman–Crippen LogP) is 1.83. The van der Waals surface area contributed by atoms with Crippen LogP contribution in [0.3, 0.4) is 0 Å². The van der Waals surface area contributed by atoms with Crippen LogP contribution in [0.2, 0.25) is 0 Å². The van der Waals surface area contributed by atoms with Crippen LogP contribution in [0, 0.1) is 6.92 Å². The van der Waals surface area contributed by atoms with E-state index in [0.717, 1.165) is 11.3 Å². The van der Waals surface area contributed by atoms with E-state index < -0.39 is 0 Å². The highest BCUT2D eigenvalue weighted by Crippen LogP contribution is 2.31. The third-order valence-electron chi connectivity index (χ3n) is 4.58. The Labute approximate surface area is 153 Å².